The molecule has 0 aliphatic carbocycles. The number of aryl methyl sites for hydroxylation is 2. The normalized spacial score (nSPS) is 10.5. The first-order valence-corrected chi connectivity index (χ1v) is 8.75. The van der Waals surface area contributed by atoms with Gasteiger partial charge in [-0.1, -0.05) is 51.8 Å². The summed E-state index contributed by atoms with van der Waals surface area (Å²) in [6.45, 7) is 6.09. The van der Waals surface area contributed by atoms with Crippen molar-refractivity contribution in [3.63, 3.8) is 0 Å². The quantitative estimate of drug-likeness (QED) is 0.621. The second kappa shape index (κ2) is 6.70. The lowest BCUT2D eigenvalue weighted by Gasteiger charge is -2.17. The number of nitrogens with zero attached hydrogens (tertiary/aromatic N) is 2. The monoisotopic (exact) mass is 391 g/mol. The fourth-order valence-electron chi connectivity index (χ4n) is 3.04. The van der Waals surface area contributed by atoms with E-state index >= 15 is 0 Å². The summed E-state index contributed by atoms with van der Waals surface area (Å²) in [7, 11) is 0. The number of pyridine rings is 1. The highest BCUT2D eigenvalue weighted by molar-refractivity contribution is 9.10. The smallest absolute Gasteiger partial charge is 0.142 e. The molecule has 0 saturated heterocycles. The molecule has 0 aliphatic heterocycles. The minimum absolute atomic E-state index is 0.266. The maximum atomic E-state index is 9.67. The van der Waals surface area contributed by atoms with Crippen LogP contribution in [0.1, 0.15) is 22.3 Å². The van der Waals surface area contributed by atoms with Crippen LogP contribution in [0.5, 0.6) is 0 Å². The second-order valence-corrected chi connectivity index (χ2v) is 7.07. The van der Waals surface area contributed by atoms with Crippen LogP contribution in [-0.2, 0) is 0 Å². The Kier molecular flexibility index (Phi) is 4.61. The lowest BCUT2D eigenvalue weighted by atomic mass is 9.89. The van der Waals surface area contributed by atoms with E-state index in [9.17, 15) is 5.26 Å². The summed E-state index contributed by atoms with van der Waals surface area (Å²) in [6, 6.07) is 16.4. The molecule has 2 N–H and O–H groups in total. The third kappa shape index (κ3) is 3.16. The molecule has 1 aromatic heterocycles. The summed E-state index contributed by atoms with van der Waals surface area (Å²) in [5.41, 5.74) is 13.5. The maximum absolute atomic E-state index is 9.67. The molecule has 0 fully saturated rings. The van der Waals surface area contributed by atoms with Crippen LogP contribution >= 0.6 is 15.9 Å². The molecule has 0 radical (unpaired) electrons. The number of hydrogen-bond donors (Lipinski definition) is 1. The van der Waals surface area contributed by atoms with Crippen LogP contribution in [0, 0.1) is 32.1 Å². The molecular weight excluding hydrogens is 374 g/mol. The summed E-state index contributed by atoms with van der Waals surface area (Å²) in [6.07, 6.45) is 0. The van der Waals surface area contributed by atoms with Crippen molar-refractivity contribution in [2.24, 2.45) is 0 Å². The SMILES string of the molecule is Cc1ccc(C)c(-c2c(C)c(-c3ccc(Br)cc3)nc(N)c2C#N)c1. The van der Waals surface area contributed by atoms with Crippen molar-refractivity contribution in [2.45, 2.75) is 20.8 Å². The number of nitrogens with two attached hydrogens (primary N) is 1. The Balaban J connectivity index is 2.36. The van der Waals surface area contributed by atoms with Gasteiger partial charge in [-0.3, -0.25) is 0 Å². The molecule has 3 aromatic rings. The Bertz CT molecular complexity index is 999. The van der Waals surface area contributed by atoms with Crippen LogP contribution in [0.15, 0.2) is 46.9 Å². The van der Waals surface area contributed by atoms with Gasteiger partial charge in [0, 0.05) is 15.6 Å². The Morgan fingerprint density at radius 2 is 1.72 bits per heavy atom. The molecule has 3 rings (SSSR count). The van der Waals surface area contributed by atoms with Gasteiger partial charge in [0.05, 0.1) is 5.69 Å². The van der Waals surface area contributed by atoms with Crippen LogP contribution in [0.3, 0.4) is 0 Å². The van der Waals surface area contributed by atoms with E-state index in [-0.39, 0.29) is 5.82 Å². The molecule has 0 spiro atoms. The number of nitriles is 1. The largest absolute Gasteiger partial charge is 0.383 e. The number of hydrogen-bond acceptors (Lipinski definition) is 3. The second-order valence-electron chi connectivity index (χ2n) is 6.16. The number of rotatable bonds is 2. The highest BCUT2D eigenvalue weighted by atomic mass is 79.9. The van der Waals surface area contributed by atoms with E-state index in [0.717, 1.165) is 43.5 Å². The molecule has 1 heterocycles. The Morgan fingerprint density at radius 1 is 1.04 bits per heavy atom. The standard InChI is InChI=1S/C21H18BrN3/c1-12-4-5-13(2)17(10-12)19-14(3)20(25-21(24)18(19)11-23)15-6-8-16(22)9-7-15/h4-10H,1-3H3,(H2,24,25). The highest BCUT2D eigenvalue weighted by Gasteiger charge is 2.19. The van der Waals surface area contributed by atoms with Crippen LogP contribution in [0.2, 0.25) is 0 Å². The van der Waals surface area contributed by atoms with E-state index in [1.165, 1.54) is 0 Å². The molecule has 0 unspecified atom stereocenters. The zero-order chi connectivity index (χ0) is 18.1. The summed E-state index contributed by atoms with van der Waals surface area (Å²) < 4.78 is 1.00. The number of nitrogen functional groups attached to an aromatic ring is 1. The van der Waals surface area contributed by atoms with Crippen LogP contribution in [0.25, 0.3) is 22.4 Å². The topological polar surface area (TPSA) is 62.7 Å². The van der Waals surface area contributed by atoms with Gasteiger partial charge in [-0.05, 0) is 49.6 Å². The lowest BCUT2D eigenvalue weighted by Crippen LogP contribution is -2.04. The van der Waals surface area contributed by atoms with Gasteiger partial charge in [-0.15, -0.1) is 0 Å². The summed E-state index contributed by atoms with van der Waals surface area (Å²) in [4.78, 5) is 4.52. The molecule has 0 saturated carbocycles. The fraction of sp³-hybridized carbons (Fsp3) is 0.143. The number of benzene rings is 2. The van der Waals surface area contributed by atoms with E-state index in [1.54, 1.807) is 0 Å². The average molecular weight is 392 g/mol. The molecule has 0 atom stereocenters. The lowest BCUT2D eigenvalue weighted by molar-refractivity contribution is 1.25. The molecule has 4 heteroatoms. The Morgan fingerprint density at radius 3 is 2.36 bits per heavy atom. The molecule has 3 nitrogen and oxygen atoms in total. The van der Waals surface area contributed by atoms with Gasteiger partial charge in [0.1, 0.15) is 17.5 Å². The maximum Gasteiger partial charge on any atom is 0.142 e. The summed E-state index contributed by atoms with van der Waals surface area (Å²) >= 11 is 3.45. The minimum Gasteiger partial charge on any atom is -0.383 e. The molecule has 0 aliphatic rings. The van der Waals surface area contributed by atoms with Crippen LogP contribution in [-0.4, -0.2) is 4.98 Å². The van der Waals surface area contributed by atoms with Gasteiger partial charge in [0.2, 0.25) is 0 Å². The number of aromatic nitrogens is 1. The van der Waals surface area contributed by atoms with Crippen molar-refractivity contribution >= 4 is 21.7 Å². The molecule has 124 valence electrons. The zero-order valence-electron chi connectivity index (χ0n) is 14.4. The Hall–Kier alpha value is -2.64. The van der Waals surface area contributed by atoms with Gasteiger partial charge in [-0.25, -0.2) is 4.98 Å². The molecule has 25 heavy (non-hydrogen) atoms. The van der Waals surface area contributed by atoms with Gasteiger partial charge >= 0.3 is 0 Å². The average Bonchev–Trinajstić information content (AvgIpc) is 2.59. The number of halogens is 1. The first-order chi connectivity index (χ1) is 11.9. The predicted octanol–water partition coefficient (Wildman–Crippen LogP) is 5.56. The van der Waals surface area contributed by atoms with Gasteiger partial charge in [0.25, 0.3) is 0 Å². The van der Waals surface area contributed by atoms with Crippen LogP contribution < -0.4 is 5.73 Å². The van der Waals surface area contributed by atoms with Crippen molar-refractivity contribution in [1.82, 2.24) is 4.98 Å². The van der Waals surface area contributed by atoms with E-state index in [0.29, 0.717) is 5.56 Å². The molecule has 0 bridgehead atoms. The number of anilines is 1. The van der Waals surface area contributed by atoms with Crippen molar-refractivity contribution in [1.29, 1.82) is 5.26 Å². The van der Waals surface area contributed by atoms with Crippen molar-refractivity contribution in [3.05, 3.63) is 69.2 Å². The van der Waals surface area contributed by atoms with Gasteiger partial charge < -0.3 is 5.73 Å². The highest BCUT2D eigenvalue weighted by Crippen LogP contribution is 2.37. The van der Waals surface area contributed by atoms with Crippen LogP contribution in [0.4, 0.5) is 5.82 Å². The van der Waals surface area contributed by atoms with Crippen molar-refractivity contribution in [2.75, 3.05) is 5.73 Å². The molecule has 0 amide bonds. The predicted molar refractivity (Wildman–Crippen MR) is 106 cm³/mol. The fourth-order valence-corrected chi connectivity index (χ4v) is 3.30. The van der Waals surface area contributed by atoms with Crippen molar-refractivity contribution in [3.8, 4) is 28.5 Å². The van der Waals surface area contributed by atoms with Gasteiger partial charge in [-0.2, -0.15) is 5.26 Å². The zero-order valence-corrected chi connectivity index (χ0v) is 16.0. The summed E-state index contributed by atoms with van der Waals surface area (Å²) in [5.74, 6) is 0.266. The third-order valence-electron chi connectivity index (χ3n) is 4.36. The first kappa shape index (κ1) is 17.2. The Labute approximate surface area is 156 Å². The summed E-state index contributed by atoms with van der Waals surface area (Å²) in [5, 5.41) is 9.67. The minimum atomic E-state index is 0.266. The molecular formula is C21H18BrN3. The first-order valence-electron chi connectivity index (χ1n) is 7.96. The van der Waals surface area contributed by atoms with E-state index in [2.05, 4.69) is 45.2 Å². The van der Waals surface area contributed by atoms with E-state index < -0.39 is 0 Å². The molecule has 2 aromatic carbocycles. The van der Waals surface area contributed by atoms with E-state index in [4.69, 9.17) is 5.73 Å². The van der Waals surface area contributed by atoms with Gasteiger partial charge in [0.15, 0.2) is 0 Å². The van der Waals surface area contributed by atoms with E-state index in [1.807, 2.05) is 45.0 Å². The third-order valence-corrected chi connectivity index (χ3v) is 4.89. The van der Waals surface area contributed by atoms with Crippen molar-refractivity contribution < 1.29 is 0 Å².